The number of ether oxygens (including phenoxy) is 1. The van der Waals surface area contributed by atoms with E-state index in [0.717, 1.165) is 14.7 Å². The Bertz CT molecular complexity index is 502. The summed E-state index contributed by atoms with van der Waals surface area (Å²) in [6.45, 7) is 0. The molecule has 0 atom stereocenters. The van der Waals surface area contributed by atoms with Crippen molar-refractivity contribution >= 4 is 15.9 Å². The largest absolute Gasteiger partial charge is 0.494 e. The van der Waals surface area contributed by atoms with Crippen LogP contribution in [0.4, 0.5) is 10.1 Å². The van der Waals surface area contributed by atoms with Gasteiger partial charge in [0.2, 0.25) is 0 Å². The highest BCUT2D eigenvalue weighted by molar-refractivity contribution is 7.90. The first-order chi connectivity index (χ1) is 7.80. The minimum Gasteiger partial charge on any atom is -0.494 e. The number of benzene rings is 1. The standard InChI is InChI=1S/C10H15FN2O3S/c1-12(2)17(14,15)13(3)9-6-5-8(11)7-10(9)16-4/h5-7H,1-4H3. The van der Waals surface area contributed by atoms with E-state index in [1.807, 2.05) is 0 Å². The monoisotopic (exact) mass is 262 g/mol. The molecule has 0 heterocycles. The number of anilines is 1. The van der Waals surface area contributed by atoms with Crippen LogP contribution in [0.2, 0.25) is 0 Å². The number of hydrogen-bond acceptors (Lipinski definition) is 3. The van der Waals surface area contributed by atoms with Gasteiger partial charge in [-0.3, -0.25) is 4.31 Å². The molecular formula is C10H15FN2O3S. The van der Waals surface area contributed by atoms with Crippen molar-refractivity contribution < 1.29 is 17.5 Å². The van der Waals surface area contributed by atoms with E-state index in [4.69, 9.17) is 4.74 Å². The minimum absolute atomic E-state index is 0.165. The molecule has 0 unspecified atom stereocenters. The Morgan fingerprint density at radius 3 is 2.29 bits per heavy atom. The van der Waals surface area contributed by atoms with E-state index in [-0.39, 0.29) is 11.4 Å². The van der Waals surface area contributed by atoms with E-state index in [0.29, 0.717) is 0 Å². The van der Waals surface area contributed by atoms with Crippen molar-refractivity contribution in [3.8, 4) is 5.75 Å². The van der Waals surface area contributed by atoms with Crippen molar-refractivity contribution in [2.45, 2.75) is 0 Å². The molecule has 0 spiro atoms. The minimum atomic E-state index is -3.61. The molecule has 0 N–H and O–H groups in total. The van der Waals surface area contributed by atoms with E-state index >= 15 is 0 Å². The molecule has 1 rings (SSSR count). The van der Waals surface area contributed by atoms with E-state index < -0.39 is 16.0 Å². The van der Waals surface area contributed by atoms with Gasteiger partial charge in [0.1, 0.15) is 11.6 Å². The quantitative estimate of drug-likeness (QED) is 0.815. The first-order valence-corrected chi connectivity index (χ1v) is 6.20. The number of methoxy groups -OCH3 is 1. The SMILES string of the molecule is COc1cc(F)ccc1N(C)S(=O)(=O)N(C)C. The number of hydrogen-bond donors (Lipinski definition) is 0. The Balaban J connectivity index is 3.26. The molecule has 0 amide bonds. The third-order valence-corrected chi connectivity index (χ3v) is 4.10. The van der Waals surface area contributed by atoms with E-state index in [1.165, 1.54) is 40.4 Å². The van der Waals surface area contributed by atoms with E-state index in [1.54, 1.807) is 0 Å². The van der Waals surface area contributed by atoms with Crippen molar-refractivity contribution in [3.05, 3.63) is 24.0 Å². The summed E-state index contributed by atoms with van der Waals surface area (Å²) in [5.74, 6) is -0.320. The summed E-state index contributed by atoms with van der Waals surface area (Å²) in [6.07, 6.45) is 0. The predicted octanol–water partition coefficient (Wildman–Crippen LogP) is 1.08. The summed E-state index contributed by atoms with van der Waals surface area (Å²) < 4.78 is 43.8. The van der Waals surface area contributed by atoms with Gasteiger partial charge in [-0.2, -0.15) is 12.7 Å². The zero-order valence-corrected chi connectivity index (χ0v) is 11.0. The maximum Gasteiger partial charge on any atom is 0.303 e. The maximum absolute atomic E-state index is 13.0. The summed E-state index contributed by atoms with van der Waals surface area (Å²) >= 11 is 0. The molecule has 0 saturated heterocycles. The van der Waals surface area contributed by atoms with Crippen LogP contribution in [0, 0.1) is 5.82 Å². The normalized spacial score (nSPS) is 11.6. The Morgan fingerprint density at radius 1 is 1.24 bits per heavy atom. The molecule has 0 bridgehead atoms. The van der Waals surface area contributed by atoms with Gasteiger partial charge in [0, 0.05) is 27.2 Å². The molecule has 0 aromatic heterocycles. The van der Waals surface area contributed by atoms with Gasteiger partial charge in [0.25, 0.3) is 0 Å². The second kappa shape index (κ2) is 4.89. The van der Waals surface area contributed by atoms with Gasteiger partial charge in [-0.1, -0.05) is 0 Å². The molecule has 17 heavy (non-hydrogen) atoms. The average molecular weight is 262 g/mol. The van der Waals surface area contributed by atoms with E-state index in [2.05, 4.69) is 0 Å². The summed E-state index contributed by atoms with van der Waals surface area (Å²) in [6, 6.07) is 3.67. The van der Waals surface area contributed by atoms with Crippen molar-refractivity contribution in [3.63, 3.8) is 0 Å². The van der Waals surface area contributed by atoms with Crippen molar-refractivity contribution in [2.75, 3.05) is 32.6 Å². The fourth-order valence-electron chi connectivity index (χ4n) is 1.28. The number of halogens is 1. The van der Waals surface area contributed by atoms with Gasteiger partial charge >= 0.3 is 10.2 Å². The molecule has 0 aliphatic rings. The van der Waals surface area contributed by atoms with Gasteiger partial charge in [0.15, 0.2) is 0 Å². The Labute approximate surface area is 101 Å². The molecule has 5 nitrogen and oxygen atoms in total. The van der Waals surface area contributed by atoms with Gasteiger partial charge in [-0.05, 0) is 12.1 Å². The summed E-state index contributed by atoms with van der Waals surface area (Å²) in [4.78, 5) is 0. The zero-order valence-electron chi connectivity index (χ0n) is 10.1. The van der Waals surface area contributed by atoms with Crippen LogP contribution in [-0.2, 0) is 10.2 Å². The van der Waals surface area contributed by atoms with Gasteiger partial charge < -0.3 is 4.74 Å². The molecule has 1 aromatic carbocycles. The molecule has 0 fully saturated rings. The summed E-state index contributed by atoms with van der Waals surface area (Å²) in [5.41, 5.74) is 0.280. The lowest BCUT2D eigenvalue weighted by molar-refractivity contribution is 0.412. The summed E-state index contributed by atoms with van der Waals surface area (Å²) in [7, 11) is 1.96. The van der Waals surface area contributed by atoms with Crippen LogP contribution in [0.15, 0.2) is 18.2 Å². The van der Waals surface area contributed by atoms with Gasteiger partial charge in [-0.15, -0.1) is 0 Å². The molecule has 1 aromatic rings. The molecule has 7 heteroatoms. The topological polar surface area (TPSA) is 49.9 Å². The lowest BCUT2D eigenvalue weighted by Gasteiger charge is -2.24. The highest BCUT2D eigenvalue weighted by atomic mass is 32.2. The van der Waals surface area contributed by atoms with Crippen molar-refractivity contribution in [1.29, 1.82) is 0 Å². The Hall–Kier alpha value is -1.34. The van der Waals surface area contributed by atoms with Crippen LogP contribution in [0.5, 0.6) is 5.75 Å². The van der Waals surface area contributed by atoms with Crippen molar-refractivity contribution in [2.24, 2.45) is 0 Å². The van der Waals surface area contributed by atoms with Crippen LogP contribution in [0.1, 0.15) is 0 Å². The molecule has 96 valence electrons. The fourth-order valence-corrected chi connectivity index (χ4v) is 2.17. The van der Waals surface area contributed by atoms with Crippen LogP contribution in [0.3, 0.4) is 0 Å². The van der Waals surface area contributed by atoms with Crippen LogP contribution < -0.4 is 9.04 Å². The smallest absolute Gasteiger partial charge is 0.303 e. The highest BCUT2D eigenvalue weighted by Crippen LogP contribution is 2.30. The Kier molecular flexibility index (Phi) is 3.94. The zero-order chi connectivity index (χ0) is 13.2. The lowest BCUT2D eigenvalue weighted by atomic mass is 10.3. The number of rotatable bonds is 4. The highest BCUT2D eigenvalue weighted by Gasteiger charge is 2.23. The number of nitrogens with zero attached hydrogens (tertiary/aromatic N) is 2. The van der Waals surface area contributed by atoms with Crippen LogP contribution in [-0.4, -0.2) is 41.0 Å². The van der Waals surface area contributed by atoms with E-state index in [9.17, 15) is 12.8 Å². The molecule has 0 radical (unpaired) electrons. The maximum atomic E-state index is 13.0. The first-order valence-electron chi connectivity index (χ1n) is 4.80. The predicted molar refractivity (Wildman–Crippen MR) is 64.0 cm³/mol. The second-order valence-corrected chi connectivity index (χ2v) is 5.75. The molecule has 0 saturated carbocycles. The Morgan fingerprint density at radius 2 is 1.82 bits per heavy atom. The third-order valence-electron chi connectivity index (χ3n) is 2.29. The third kappa shape index (κ3) is 2.67. The molecule has 0 aliphatic heterocycles. The summed E-state index contributed by atoms with van der Waals surface area (Å²) in [5, 5.41) is 0. The first kappa shape index (κ1) is 13.7. The van der Waals surface area contributed by atoms with Crippen LogP contribution >= 0.6 is 0 Å². The van der Waals surface area contributed by atoms with Crippen LogP contribution in [0.25, 0.3) is 0 Å². The fraction of sp³-hybridized carbons (Fsp3) is 0.400. The van der Waals surface area contributed by atoms with Gasteiger partial charge in [-0.25, -0.2) is 4.39 Å². The second-order valence-electron chi connectivity index (χ2n) is 3.57. The lowest BCUT2D eigenvalue weighted by Crippen LogP contribution is -2.37. The molecular weight excluding hydrogens is 247 g/mol. The van der Waals surface area contributed by atoms with Gasteiger partial charge in [0.05, 0.1) is 12.8 Å². The molecule has 0 aliphatic carbocycles. The average Bonchev–Trinajstić information content (AvgIpc) is 2.27. The van der Waals surface area contributed by atoms with Crippen molar-refractivity contribution in [1.82, 2.24) is 4.31 Å².